The van der Waals surface area contributed by atoms with Crippen LogP contribution in [-0.4, -0.2) is 30.5 Å². The number of aliphatic carboxylic acids is 1. The van der Waals surface area contributed by atoms with Crippen molar-refractivity contribution in [2.75, 3.05) is 13.2 Å². The van der Waals surface area contributed by atoms with E-state index in [-0.39, 0.29) is 18.1 Å². The highest BCUT2D eigenvalue weighted by atomic mass is 16.7. The molecular weight excluding hydrogens is 222 g/mol. The second-order valence-electron chi connectivity index (χ2n) is 4.60. The lowest BCUT2D eigenvalue weighted by Gasteiger charge is -2.35. The molecule has 0 amide bonds. The van der Waals surface area contributed by atoms with E-state index in [0.29, 0.717) is 24.6 Å². The molecule has 0 saturated heterocycles. The Morgan fingerprint density at radius 3 is 3.00 bits per heavy atom. The van der Waals surface area contributed by atoms with Crippen molar-refractivity contribution in [1.82, 2.24) is 0 Å². The van der Waals surface area contributed by atoms with E-state index >= 15 is 0 Å². The topological polar surface area (TPSA) is 81.8 Å². The number of carbonyl (C=O) groups is 1. The predicted molar refractivity (Wildman–Crippen MR) is 61.0 cm³/mol. The van der Waals surface area contributed by atoms with Crippen LogP contribution in [0.5, 0.6) is 0 Å². The van der Waals surface area contributed by atoms with Crippen LogP contribution in [0.1, 0.15) is 19.8 Å². The Hall–Kier alpha value is -1.07. The Morgan fingerprint density at radius 2 is 2.41 bits per heavy atom. The maximum atomic E-state index is 11.1. The van der Waals surface area contributed by atoms with Gasteiger partial charge in [0, 0.05) is 18.4 Å². The van der Waals surface area contributed by atoms with Crippen LogP contribution in [0.25, 0.3) is 0 Å². The number of ether oxygens (including phenoxy) is 2. The maximum Gasteiger partial charge on any atom is 0.334 e. The molecule has 0 spiro atoms. The zero-order valence-corrected chi connectivity index (χ0v) is 9.96. The third kappa shape index (κ3) is 2.17. The molecule has 2 rings (SSSR count). The average Bonchev–Trinajstić information content (AvgIpc) is 2.73. The zero-order valence-electron chi connectivity index (χ0n) is 9.96. The molecule has 0 aromatic carbocycles. The summed E-state index contributed by atoms with van der Waals surface area (Å²) in [4.78, 5) is 11.1. The Labute approximate surface area is 101 Å². The van der Waals surface area contributed by atoms with Gasteiger partial charge in [0.1, 0.15) is 0 Å². The zero-order chi connectivity index (χ0) is 12.4. The summed E-state index contributed by atoms with van der Waals surface area (Å²) in [5.41, 5.74) is 6.11. The van der Waals surface area contributed by atoms with E-state index in [4.69, 9.17) is 20.3 Å². The molecule has 0 bridgehead atoms. The smallest absolute Gasteiger partial charge is 0.334 e. The molecule has 0 aromatic rings. The van der Waals surface area contributed by atoms with Crippen LogP contribution >= 0.6 is 0 Å². The number of rotatable bonds is 4. The largest absolute Gasteiger partial charge is 0.478 e. The normalized spacial score (nSPS) is 36.0. The second-order valence-corrected chi connectivity index (χ2v) is 4.60. The van der Waals surface area contributed by atoms with Crippen molar-refractivity contribution in [2.45, 2.75) is 26.1 Å². The highest BCUT2D eigenvalue weighted by molar-refractivity contribution is 5.87. The molecule has 0 radical (unpaired) electrons. The van der Waals surface area contributed by atoms with Gasteiger partial charge in [-0.1, -0.05) is 0 Å². The van der Waals surface area contributed by atoms with Crippen molar-refractivity contribution < 1.29 is 19.4 Å². The number of carboxylic acids is 1. The van der Waals surface area contributed by atoms with Crippen molar-refractivity contribution in [3.8, 4) is 0 Å². The Kier molecular flexibility index (Phi) is 3.69. The standard InChI is InChI=1S/C12H19NO4/c1-2-16-12-10-7(5-13)3-4-8(10)9(6-17-12)11(14)15/h6-8,10,12H,2-5,13H2,1H3,(H,14,15). The van der Waals surface area contributed by atoms with E-state index in [1.807, 2.05) is 6.92 Å². The van der Waals surface area contributed by atoms with Gasteiger partial charge in [0.25, 0.3) is 0 Å². The van der Waals surface area contributed by atoms with Crippen molar-refractivity contribution in [2.24, 2.45) is 23.5 Å². The number of carboxylic acid groups (broad SMARTS) is 1. The van der Waals surface area contributed by atoms with Crippen LogP contribution in [0.3, 0.4) is 0 Å². The van der Waals surface area contributed by atoms with E-state index in [1.54, 1.807) is 0 Å². The van der Waals surface area contributed by atoms with Gasteiger partial charge < -0.3 is 20.3 Å². The predicted octanol–water partition coefficient (Wildman–Crippen LogP) is 0.949. The fourth-order valence-electron chi connectivity index (χ4n) is 3.00. The highest BCUT2D eigenvalue weighted by Crippen LogP contribution is 2.46. The minimum Gasteiger partial charge on any atom is -0.478 e. The van der Waals surface area contributed by atoms with Gasteiger partial charge in [-0.25, -0.2) is 4.79 Å². The third-order valence-electron chi connectivity index (χ3n) is 3.78. The van der Waals surface area contributed by atoms with Crippen LogP contribution in [0.15, 0.2) is 11.8 Å². The monoisotopic (exact) mass is 241 g/mol. The lowest BCUT2D eigenvalue weighted by molar-refractivity contribution is -0.164. The maximum absolute atomic E-state index is 11.1. The third-order valence-corrected chi connectivity index (χ3v) is 3.78. The molecule has 2 aliphatic rings. The van der Waals surface area contributed by atoms with Crippen LogP contribution in [0.2, 0.25) is 0 Å². The first-order valence-electron chi connectivity index (χ1n) is 6.09. The molecule has 17 heavy (non-hydrogen) atoms. The van der Waals surface area contributed by atoms with Crippen molar-refractivity contribution in [3.63, 3.8) is 0 Å². The van der Waals surface area contributed by atoms with E-state index in [2.05, 4.69) is 0 Å². The first-order valence-corrected chi connectivity index (χ1v) is 6.09. The summed E-state index contributed by atoms with van der Waals surface area (Å²) < 4.78 is 11.0. The SMILES string of the molecule is CCOC1OC=C(C(=O)O)C2CCC(CN)C12. The van der Waals surface area contributed by atoms with Crippen LogP contribution in [0.4, 0.5) is 0 Å². The Balaban J connectivity index is 2.23. The molecule has 96 valence electrons. The molecule has 5 nitrogen and oxygen atoms in total. The Morgan fingerprint density at radius 1 is 1.65 bits per heavy atom. The van der Waals surface area contributed by atoms with Gasteiger partial charge in [-0.15, -0.1) is 0 Å². The molecule has 1 aliphatic heterocycles. The van der Waals surface area contributed by atoms with E-state index in [9.17, 15) is 4.79 Å². The highest BCUT2D eigenvalue weighted by Gasteiger charge is 2.47. The first-order chi connectivity index (χ1) is 8.19. The van der Waals surface area contributed by atoms with Crippen molar-refractivity contribution >= 4 is 5.97 Å². The molecule has 4 atom stereocenters. The van der Waals surface area contributed by atoms with Crippen LogP contribution in [-0.2, 0) is 14.3 Å². The minimum absolute atomic E-state index is 0.0198. The van der Waals surface area contributed by atoms with Gasteiger partial charge in [0.2, 0.25) is 6.29 Å². The van der Waals surface area contributed by atoms with Gasteiger partial charge >= 0.3 is 5.97 Å². The molecule has 1 aliphatic carbocycles. The average molecular weight is 241 g/mol. The van der Waals surface area contributed by atoms with E-state index < -0.39 is 5.97 Å². The molecule has 4 unspecified atom stereocenters. The summed E-state index contributed by atoms with van der Waals surface area (Å²) in [6, 6.07) is 0. The Bertz CT molecular complexity index is 328. The van der Waals surface area contributed by atoms with E-state index in [0.717, 1.165) is 12.8 Å². The first kappa shape index (κ1) is 12.4. The molecule has 1 fully saturated rings. The fraction of sp³-hybridized carbons (Fsp3) is 0.750. The molecule has 1 heterocycles. The molecule has 1 saturated carbocycles. The van der Waals surface area contributed by atoms with Crippen LogP contribution in [0, 0.1) is 17.8 Å². The van der Waals surface area contributed by atoms with Crippen molar-refractivity contribution in [1.29, 1.82) is 0 Å². The number of nitrogens with two attached hydrogens (primary N) is 1. The second kappa shape index (κ2) is 5.06. The summed E-state index contributed by atoms with van der Waals surface area (Å²) in [6.07, 6.45) is 2.81. The van der Waals surface area contributed by atoms with Gasteiger partial charge in [0.05, 0.1) is 11.8 Å². The lowest BCUT2D eigenvalue weighted by Crippen LogP contribution is -2.39. The van der Waals surface area contributed by atoms with Gasteiger partial charge in [-0.05, 0) is 32.2 Å². The molecular formula is C12H19NO4. The number of hydrogen-bond acceptors (Lipinski definition) is 4. The summed E-state index contributed by atoms with van der Waals surface area (Å²) in [6.45, 7) is 3.02. The van der Waals surface area contributed by atoms with E-state index in [1.165, 1.54) is 6.26 Å². The van der Waals surface area contributed by atoms with Gasteiger partial charge in [-0.2, -0.15) is 0 Å². The minimum atomic E-state index is -0.896. The lowest BCUT2D eigenvalue weighted by atomic mass is 9.83. The van der Waals surface area contributed by atoms with Gasteiger partial charge in [-0.3, -0.25) is 0 Å². The number of fused-ring (bicyclic) bond motifs is 1. The fourth-order valence-corrected chi connectivity index (χ4v) is 3.00. The summed E-state index contributed by atoms with van der Waals surface area (Å²) >= 11 is 0. The number of hydrogen-bond donors (Lipinski definition) is 2. The molecule has 3 N–H and O–H groups in total. The summed E-state index contributed by atoms with van der Waals surface area (Å²) in [5, 5.41) is 9.14. The molecule has 5 heteroatoms. The summed E-state index contributed by atoms with van der Waals surface area (Å²) in [5.74, 6) is -0.505. The quantitative estimate of drug-likeness (QED) is 0.765. The van der Waals surface area contributed by atoms with Crippen molar-refractivity contribution in [3.05, 3.63) is 11.8 Å². The van der Waals surface area contributed by atoms with Gasteiger partial charge in [0.15, 0.2) is 0 Å². The summed E-state index contributed by atoms with van der Waals surface area (Å²) in [7, 11) is 0. The van der Waals surface area contributed by atoms with Crippen LogP contribution < -0.4 is 5.73 Å². The molecule has 0 aromatic heterocycles.